The Hall–Kier alpha value is -1.83. The summed E-state index contributed by atoms with van der Waals surface area (Å²) in [4.78, 5) is 0. The van der Waals surface area contributed by atoms with Crippen molar-refractivity contribution in [1.29, 1.82) is 0 Å². The van der Waals surface area contributed by atoms with Gasteiger partial charge in [0.2, 0.25) is 0 Å². The predicted molar refractivity (Wildman–Crippen MR) is 113 cm³/mol. The van der Waals surface area contributed by atoms with Gasteiger partial charge in [-0.25, -0.2) is 8.78 Å². The maximum Gasteiger partial charge on any atom is 0.422 e. The fourth-order valence-electron chi connectivity index (χ4n) is 5.39. The third-order valence-corrected chi connectivity index (χ3v) is 7.07. The standard InChI is InChI=1S/C26H31F5/c1-2-5-18-8-12-21(13-9-18)22-14-10-19(11-15-22)6-3-4-7-20-16-23(27)25(24(28)17-20)26(29,30)31/h3,6,16-19,21-22H,2,5,8-15H2,1H3/b6-3+/t18-,19?,21-,22?. The number of hydrogen-bond acceptors (Lipinski definition) is 0. The van der Waals surface area contributed by atoms with E-state index in [1.165, 1.54) is 51.4 Å². The average Bonchev–Trinajstić information content (AvgIpc) is 2.71. The Morgan fingerprint density at radius 1 is 0.903 bits per heavy atom. The van der Waals surface area contributed by atoms with Gasteiger partial charge < -0.3 is 0 Å². The summed E-state index contributed by atoms with van der Waals surface area (Å²) in [5.74, 6) is 5.06. The average molecular weight is 439 g/mol. The van der Waals surface area contributed by atoms with E-state index < -0.39 is 23.4 Å². The highest BCUT2D eigenvalue weighted by atomic mass is 19.4. The molecule has 0 aliphatic heterocycles. The molecule has 0 unspecified atom stereocenters. The van der Waals surface area contributed by atoms with E-state index in [1.54, 1.807) is 6.08 Å². The van der Waals surface area contributed by atoms with Crippen LogP contribution in [0.2, 0.25) is 0 Å². The molecular formula is C26H31F5. The van der Waals surface area contributed by atoms with Crippen LogP contribution in [0, 0.1) is 47.1 Å². The monoisotopic (exact) mass is 438 g/mol. The molecule has 3 rings (SSSR count). The summed E-state index contributed by atoms with van der Waals surface area (Å²) in [7, 11) is 0. The molecule has 0 atom stereocenters. The van der Waals surface area contributed by atoms with Gasteiger partial charge in [-0.3, -0.25) is 0 Å². The first-order valence-electron chi connectivity index (χ1n) is 11.5. The zero-order valence-corrected chi connectivity index (χ0v) is 18.1. The molecule has 2 saturated carbocycles. The van der Waals surface area contributed by atoms with Gasteiger partial charge in [-0.05, 0) is 80.4 Å². The molecule has 0 spiro atoms. The molecule has 0 amide bonds. The molecule has 2 aliphatic rings. The SMILES string of the molecule is CCC[C@H]1CC[C@H](C2CCC(/C=C/C#Cc3cc(F)c(C(F)(F)F)c(F)c3)CC2)CC1. The van der Waals surface area contributed by atoms with E-state index in [1.807, 2.05) is 6.08 Å². The second-order valence-electron chi connectivity index (χ2n) is 9.19. The first kappa shape index (κ1) is 23.8. The van der Waals surface area contributed by atoms with Crippen LogP contribution in [-0.4, -0.2) is 0 Å². The summed E-state index contributed by atoms with van der Waals surface area (Å²) in [5, 5.41) is 0. The van der Waals surface area contributed by atoms with Crippen molar-refractivity contribution in [2.24, 2.45) is 23.7 Å². The van der Waals surface area contributed by atoms with Crippen LogP contribution in [-0.2, 0) is 6.18 Å². The van der Waals surface area contributed by atoms with E-state index in [2.05, 4.69) is 18.8 Å². The lowest BCUT2D eigenvalue weighted by atomic mass is 9.69. The zero-order chi connectivity index (χ0) is 22.4. The van der Waals surface area contributed by atoms with Crippen molar-refractivity contribution in [2.75, 3.05) is 0 Å². The van der Waals surface area contributed by atoms with E-state index in [9.17, 15) is 22.0 Å². The normalized spacial score (nSPS) is 27.2. The third-order valence-electron chi connectivity index (χ3n) is 7.07. The van der Waals surface area contributed by atoms with Crippen LogP contribution in [0.15, 0.2) is 24.3 Å². The van der Waals surface area contributed by atoms with Crippen LogP contribution >= 0.6 is 0 Å². The fraction of sp³-hybridized carbons (Fsp3) is 0.615. The summed E-state index contributed by atoms with van der Waals surface area (Å²) < 4.78 is 65.1. The number of benzene rings is 1. The van der Waals surface area contributed by atoms with Crippen LogP contribution in [0.4, 0.5) is 22.0 Å². The Labute approximate surface area is 182 Å². The Morgan fingerprint density at radius 3 is 1.97 bits per heavy atom. The molecule has 0 aromatic heterocycles. The van der Waals surface area contributed by atoms with Crippen molar-refractivity contribution in [2.45, 2.75) is 77.3 Å². The minimum Gasteiger partial charge on any atom is -0.206 e. The Morgan fingerprint density at radius 2 is 1.45 bits per heavy atom. The van der Waals surface area contributed by atoms with E-state index >= 15 is 0 Å². The lowest BCUT2D eigenvalue weighted by Gasteiger charge is -2.37. The molecule has 170 valence electrons. The number of allylic oxidation sites excluding steroid dienone is 2. The molecule has 0 saturated heterocycles. The van der Waals surface area contributed by atoms with Crippen LogP contribution in [0.1, 0.15) is 82.3 Å². The van der Waals surface area contributed by atoms with Gasteiger partial charge in [-0.2, -0.15) is 13.2 Å². The van der Waals surface area contributed by atoms with Gasteiger partial charge in [0.05, 0.1) is 0 Å². The zero-order valence-electron chi connectivity index (χ0n) is 18.1. The minimum absolute atomic E-state index is 0.102. The lowest BCUT2D eigenvalue weighted by Crippen LogP contribution is -2.25. The van der Waals surface area contributed by atoms with E-state index in [0.717, 1.165) is 30.6 Å². The summed E-state index contributed by atoms with van der Waals surface area (Å²) in [6, 6.07) is 1.26. The smallest absolute Gasteiger partial charge is 0.206 e. The Bertz CT molecular complexity index is 787. The van der Waals surface area contributed by atoms with Crippen LogP contribution in [0.5, 0.6) is 0 Å². The molecule has 1 aromatic carbocycles. The van der Waals surface area contributed by atoms with Gasteiger partial charge in [0.15, 0.2) is 0 Å². The van der Waals surface area contributed by atoms with Crippen molar-refractivity contribution < 1.29 is 22.0 Å². The first-order chi connectivity index (χ1) is 14.8. The molecule has 0 nitrogen and oxygen atoms in total. The highest BCUT2D eigenvalue weighted by Crippen LogP contribution is 2.42. The van der Waals surface area contributed by atoms with E-state index in [0.29, 0.717) is 18.1 Å². The molecule has 0 bridgehead atoms. The number of halogens is 5. The van der Waals surface area contributed by atoms with Crippen LogP contribution < -0.4 is 0 Å². The van der Waals surface area contributed by atoms with Crippen molar-refractivity contribution in [3.63, 3.8) is 0 Å². The number of hydrogen-bond donors (Lipinski definition) is 0. The van der Waals surface area contributed by atoms with Gasteiger partial charge >= 0.3 is 6.18 Å². The maximum absolute atomic E-state index is 13.6. The lowest BCUT2D eigenvalue weighted by molar-refractivity contribution is -0.142. The number of rotatable bonds is 4. The summed E-state index contributed by atoms with van der Waals surface area (Å²) in [6.07, 6.45) is 11.5. The van der Waals surface area contributed by atoms with Gasteiger partial charge in [-0.15, -0.1) is 0 Å². The molecule has 2 aliphatic carbocycles. The van der Waals surface area contributed by atoms with E-state index in [-0.39, 0.29) is 5.56 Å². The Balaban J connectivity index is 1.48. The fourth-order valence-corrected chi connectivity index (χ4v) is 5.39. The van der Waals surface area contributed by atoms with Crippen molar-refractivity contribution in [1.82, 2.24) is 0 Å². The largest absolute Gasteiger partial charge is 0.422 e. The van der Waals surface area contributed by atoms with Gasteiger partial charge in [0, 0.05) is 5.56 Å². The first-order valence-corrected chi connectivity index (χ1v) is 11.5. The van der Waals surface area contributed by atoms with Crippen molar-refractivity contribution >= 4 is 0 Å². The maximum atomic E-state index is 13.6. The van der Waals surface area contributed by atoms with Crippen molar-refractivity contribution in [3.8, 4) is 11.8 Å². The minimum atomic E-state index is -5.06. The topological polar surface area (TPSA) is 0 Å². The molecule has 31 heavy (non-hydrogen) atoms. The number of alkyl halides is 3. The van der Waals surface area contributed by atoms with Gasteiger partial charge in [-0.1, -0.05) is 50.5 Å². The molecule has 1 aromatic rings. The van der Waals surface area contributed by atoms with Crippen LogP contribution in [0.3, 0.4) is 0 Å². The Kier molecular flexibility index (Phi) is 8.19. The summed E-state index contributed by atoms with van der Waals surface area (Å²) in [6.45, 7) is 2.27. The highest BCUT2D eigenvalue weighted by molar-refractivity contribution is 5.40. The second kappa shape index (κ2) is 10.7. The van der Waals surface area contributed by atoms with Crippen LogP contribution in [0.25, 0.3) is 0 Å². The summed E-state index contributed by atoms with van der Waals surface area (Å²) in [5.41, 5.74) is -1.97. The molecule has 0 N–H and O–H groups in total. The van der Waals surface area contributed by atoms with Gasteiger partial charge in [0.25, 0.3) is 0 Å². The second-order valence-corrected chi connectivity index (χ2v) is 9.19. The van der Waals surface area contributed by atoms with Gasteiger partial charge in [0.1, 0.15) is 17.2 Å². The molecule has 0 radical (unpaired) electrons. The quantitative estimate of drug-likeness (QED) is 0.328. The molecule has 5 heteroatoms. The highest BCUT2D eigenvalue weighted by Gasteiger charge is 2.37. The third kappa shape index (κ3) is 6.57. The predicted octanol–water partition coefficient (Wildman–Crippen LogP) is 8.30. The van der Waals surface area contributed by atoms with Crippen molar-refractivity contribution in [3.05, 3.63) is 47.0 Å². The molecular weight excluding hydrogens is 407 g/mol. The molecule has 0 heterocycles. The summed E-state index contributed by atoms with van der Waals surface area (Å²) >= 11 is 0. The molecule has 2 fully saturated rings. The van der Waals surface area contributed by atoms with E-state index in [4.69, 9.17) is 0 Å².